The second kappa shape index (κ2) is 18.0. The highest BCUT2D eigenvalue weighted by atomic mass is 16.7. The number of aryl methyl sites for hydroxylation is 1. The average molecular weight is 813 g/mol. The molecule has 59 heavy (non-hydrogen) atoms. The van der Waals surface area contributed by atoms with Crippen LogP contribution in [-0.4, -0.2) is 113 Å². The Morgan fingerprint density at radius 2 is 1.66 bits per heavy atom. The molecule has 16 heteroatoms. The van der Waals surface area contributed by atoms with Gasteiger partial charge in [0.25, 0.3) is 0 Å². The molecule has 0 unspecified atom stereocenters. The second-order valence-electron chi connectivity index (χ2n) is 15.8. The molecule has 5 aromatic rings. The number of nitrogens with zero attached hydrogens (tertiary/aromatic N) is 4. The summed E-state index contributed by atoms with van der Waals surface area (Å²) in [7, 11) is 0. The van der Waals surface area contributed by atoms with Crippen LogP contribution >= 0.6 is 0 Å². The van der Waals surface area contributed by atoms with Crippen LogP contribution in [0, 0.1) is 0 Å². The SMILES string of the molecule is CCCCc1nc2c(N)nc3cc(C(=O)O)ccc3c2n1Cc1ccc(C[N+]2(Cc3ccc(O[C@H]4O[C@H](CO)[C@@H](O)[C@H](O)[C@@H]4O)c(NC(=O)CCN)c3)CCCC2)cc1. The Bertz CT molecular complexity index is 2290. The molecular formula is C43H54N7O9+. The number of ether oxygens (including phenoxy) is 2. The highest BCUT2D eigenvalue weighted by Crippen LogP contribution is 2.35. The van der Waals surface area contributed by atoms with Crippen molar-refractivity contribution in [3.05, 3.63) is 88.7 Å². The third kappa shape index (κ3) is 9.04. The van der Waals surface area contributed by atoms with E-state index in [1.807, 2.05) is 12.1 Å². The molecule has 10 N–H and O–H groups in total. The smallest absolute Gasteiger partial charge is 0.335 e. The summed E-state index contributed by atoms with van der Waals surface area (Å²) in [6, 6.07) is 19.0. The lowest BCUT2D eigenvalue weighted by Gasteiger charge is -2.39. The highest BCUT2D eigenvalue weighted by molar-refractivity contribution is 6.08. The van der Waals surface area contributed by atoms with E-state index in [2.05, 4.69) is 46.1 Å². The third-order valence-electron chi connectivity index (χ3n) is 11.5. The number of amides is 1. The van der Waals surface area contributed by atoms with Gasteiger partial charge in [-0.05, 0) is 48.4 Å². The highest BCUT2D eigenvalue weighted by Gasteiger charge is 2.45. The monoisotopic (exact) mass is 812 g/mol. The van der Waals surface area contributed by atoms with Crippen LogP contribution < -0.4 is 21.5 Å². The van der Waals surface area contributed by atoms with E-state index in [9.17, 15) is 35.1 Å². The molecule has 0 saturated carbocycles. The van der Waals surface area contributed by atoms with Crippen molar-refractivity contribution < 1.29 is 49.1 Å². The largest absolute Gasteiger partial charge is 0.478 e. The first-order chi connectivity index (χ1) is 28.4. The third-order valence-corrected chi connectivity index (χ3v) is 11.5. The van der Waals surface area contributed by atoms with Crippen LogP contribution in [0.3, 0.4) is 0 Å². The van der Waals surface area contributed by atoms with Crippen LogP contribution in [0.4, 0.5) is 11.5 Å². The summed E-state index contributed by atoms with van der Waals surface area (Å²) >= 11 is 0. The van der Waals surface area contributed by atoms with Gasteiger partial charge < -0.3 is 60.8 Å². The molecule has 7 rings (SSSR count). The predicted octanol–water partition coefficient (Wildman–Crippen LogP) is 3.03. The van der Waals surface area contributed by atoms with E-state index in [4.69, 9.17) is 25.9 Å². The van der Waals surface area contributed by atoms with Gasteiger partial charge in [-0.1, -0.05) is 37.6 Å². The number of aromatic nitrogens is 3. The number of aromatic carboxylic acids is 1. The number of nitrogens with one attached hydrogen (secondary N) is 1. The minimum absolute atomic E-state index is 0.0757. The fourth-order valence-electron chi connectivity index (χ4n) is 8.38. The zero-order valence-corrected chi connectivity index (χ0v) is 33.2. The number of carboxylic acids is 1. The summed E-state index contributed by atoms with van der Waals surface area (Å²) < 4.78 is 14.5. The lowest BCUT2D eigenvalue weighted by molar-refractivity contribution is -0.942. The number of quaternary nitrogens is 1. The second-order valence-corrected chi connectivity index (χ2v) is 15.8. The molecule has 4 heterocycles. The molecule has 2 aliphatic rings. The van der Waals surface area contributed by atoms with Crippen molar-refractivity contribution >= 4 is 45.3 Å². The fourth-order valence-corrected chi connectivity index (χ4v) is 8.38. The predicted molar refractivity (Wildman–Crippen MR) is 220 cm³/mol. The van der Waals surface area contributed by atoms with E-state index in [0.717, 1.165) is 84.1 Å². The Morgan fingerprint density at radius 3 is 2.36 bits per heavy atom. The molecule has 0 spiro atoms. The summed E-state index contributed by atoms with van der Waals surface area (Å²) in [5, 5.41) is 54.1. The number of pyridine rings is 1. The Balaban J connectivity index is 1.13. The van der Waals surface area contributed by atoms with Crippen molar-refractivity contribution in [1.82, 2.24) is 14.5 Å². The minimum atomic E-state index is -1.61. The topological polar surface area (TPSA) is 249 Å². The number of carbonyl (C=O) groups is 2. The Kier molecular flexibility index (Phi) is 12.8. The molecule has 2 aliphatic heterocycles. The molecule has 5 atom stereocenters. The van der Waals surface area contributed by atoms with Gasteiger partial charge in [0.05, 0.1) is 42.0 Å². The summed E-state index contributed by atoms with van der Waals surface area (Å²) in [5.74, 6) is 0.00106. The molecule has 2 fully saturated rings. The number of nitrogen functional groups attached to an aromatic ring is 1. The van der Waals surface area contributed by atoms with Gasteiger partial charge in [0.2, 0.25) is 12.2 Å². The van der Waals surface area contributed by atoms with Crippen LogP contribution in [0.15, 0.2) is 60.7 Å². The van der Waals surface area contributed by atoms with Gasteiger partial charge in [-0.15, -0.1) is 0 Å². The molecule has 2 saturated heterocycles. The molecule has 16 nitrogen and oxygen atoms in total. The molecule has 0 radical (unpaired) electrons. The lowest BCUT2D eigenvalue weighted by Crippen LogP contribution is -2.60. The minimum Gasteiger partial charge on any atom is -0.478 e. The number of unbranched alkanes of at least 4 members (excludes halogenated alkanes) is 1. The van der Waals surface area contributed by atoms with Gasteiger partial charge in [0.15, 0.2) is 5.82 Å². The van der Waals surface area contributed by atoms with Crippen LogP contribution in [-0.2, 0) is 35.6 Å². The number of carbonyl (C=O) groups excluding carboxylic acids is 1. The maximum atomic E-state index is 12.8. The first-order valence-corrected chi connectivity index (χ1v) is 20.3. The normalized spacial score (nSPS) is 21.6. The van der Waals surface area contributed by atoms with Gasteiger partial charge >= 0.3 is 5.97 Å². The molecule has 0 bridgehead atoms. The van der Waals surface area contributed by atoms with Crippen LogP contribution in [0.5, 0.6) is 5.75 Å². The number of likely N-dealkylation sites (tertiary alicyclic amines) is 1. The summed E-state index contributed by atoms with van der Waals surface area (Å²) in [6.45, 7) is 5.62. The van der Waals surface area contributed by atoms with Crippen molar-refractivity contribution in [3.63, 3.8) is 0 Å². The Morgan fingerprint density at radius 1 is 0.949 bits per heavy atom. The van der Waals surface area contributed by atoms with Gasteiger partial charge in [-0.25, -0.2) is 14.8 Å². The molecule has 0 aliphatic carbocycles. The first kappa shape index (κ1) is 41.9. The number of fused-ring (bicyclic) bond motifs is 3. The van der Waals surface area contributed by atoms with Crippen LogP contribution in [0.25, 0.3) is 21.9 Å². The van der Waals surface area contributed by atoms with Gasteiger partial charge in [0, 0.05) is 55.3 Å². The fraction of sp³-hybridized carbons (Fsp3) is 0.442. The summed E-state index contributed by atoms with van der Waals surface area (Å²) in [4.78, 5) is 34.0. The van der Waals surface area contributed by atoms with Crippen molar-refractivity contribution in [3.8, 4) is 5.75 Å². The van der Waals surface area contributed by atoms with Crippen molar-refractivity contribution in [2.75, 3.05) is 37.3 Å². The van der Waals surface area contributed by atoms with E-state index in [-0.39, 0.29) is 36.0 Å². The zero-order valence-electron chi connectivity index (χ0n) is 33.2. The molecule has 3 aromatic carbocycles. The average Bonchev–Trinajstić information content (AvgIpc) is 3.83. The van der Waals surface area contributed by atoms with E-state index in [1.54, 1.807) is 24.3 Å². The van der Waals surface area contributed by atoms with E-state index in [1.165, 1.54) is 5.56 Å². The van der Waals surface area contributed by atoms with E-state index in [0.29, 0.717) is 29.8 Å². The number of hydrogen-bond donors (Lipinski definition) is 8. The van der Waals surface area contributed by atoms with Gasteiger partial charge in [-0.2, -0.15) is 0 Å². The molecule has 314 valence electrons. The first-order valence-electron chi connectivity index (χ1n) is 20.3. The molecular weight excluding hydrogens is 759 g/mol. The van der Waals surface area contributed by atoms with Crippen LogP contribution in [0.1, 0.15) is 71.9 Å². The van der Waals surface area contributed by atoms with Gasteiger partial charge in [0.1, 0.15) is 54.6 Å². The number of rotatable bonds is 16. The number of aliphatic hydroxyl groups excluding tert-OH is 4. The number of carboxylic acid groups (broad SMARTS) is 1. The van der Waals surface area contributed by atoms with Gasteiger partial charge in [-0.3, -0.25) is 4.79 Å². The molecule has 2 aromatic heterocycles. The lowest BCUT2D eigenvalue weighted by atomic mass is 9.99. The number of imidazole rings is 1. The van der Waals surface area contributed by atoms with Crippen LogP contribution in [0.2, 0.25) is 0 Å². The van der Waals surface area contributed by atoms with E-state index >= 15 is 0 Å². The summed E-state index contributed by atoms with van der Waals surface area (Å²) in [5.41, 5.74) is 17.7. The van der Waals surface area contributed by atoms with E-state index < -0.39 is 43.3 Å². The Labute approximate surface area is 341 Å². The zero-order chi connectivity index (χ0) is 41.8. The van der Waals surface area contributed by atoms with Crippen molar-refractivity contribution in [1.29, 1.82) is 0 Å². The number of nitrogens with two attached hydrogens (primary N) is 2. The summed E-state index contributed by atoms with van der Waals surface area (Å²) in [6.07, 6.45) is -2.40. The maximum absolute atomic E-state index is 12.8. The Hall–Kier alpha value is -5.20. The maximum Gasteiger partial charge on any atom is 0.335 e. The number of anilines is 2. The standard InChI is InChI=1S/C43H53N7O9/c1-2-3-6-34-48-36-37(29-13-12-28(42(56)57)20-30(29)47-41(36)45)49(34)21-25-7-9-26(10-8-25)22-50(17-4-5-18-50)23-27-11-14-32(31(19-27)46-35(52)15-16-44)58-43-40(55)39(54)38(53)33(24-51)59-43/h7-14,19-20,33,38-40,43,51,53-55H,2-6,15-18,21-24,44H2,1H3,(H3-,45,46,47,52,56,57)/p+1/t33-,38-,39+,40+,43+/m1/s1. The number of aliphatic hydroxyl groups is 4. The van der Waals surface area contributed by atoms with Crippen molar-refractivity contribution in [2.45, 2.75) is 95.8 Å². The number of hydrogen-bond acceptors (Lipinski definition) is 12. The van der Waals surface area contributed by atoms with Crippen molar-refractivity contribution in [2.24, 2.45) is 5.73 Å². The molecule has 1 amide bonds. The number of benzene rings is 3. The quantitative estimate of drug-likeness (QED) is 0.0669.